The molecular formula is C12H19N3O3S. The van der Waals surface area contributed by atoms with E-state index >= 15 is 0 Å². The fraction of sp³-hybridized carbons (Fsp3) is 0.500. The molecule has 0 aliphatic carbocycles. The molecule has 0 bridgehead atoms. The molecule has 1 heterocycles. The molecule has 0 radical (unpaired) electrons. The number of primary sulfonamides is 1. The lowest BCUT2D eigenvalue weighted by Gasteiger charge is -2.30. The zero-order valence-electron chi connectivity index (χ0n) is 11.0. The van der Waals surface area contributed by atoms with Crippen LogP contribution in [-0.4, -0.2) is 34.2 Å². The van der Waals surface area contributed by atoms with Gasteiger partial charge in [-0.25, -0.2) is 13.6 Å². The second-order valence-electron chi connectivity index (χ2n) is 4.81. The van der Waals surface area contributed by atoms with Crippen molar-refractivity contribution in [3.05, 3.63) is 18.2 Å². The summed E-state index contributed by atoms with van der Waals surface area (Å²) in [6.45, 7) is 2.69. The van der Waals surface area contributed by atoms with E-state index in [4.69, 9.17) is 15.6 Å². The number of hydrogen-bond donors (Lipinski definition) is 2. The van der Waals surface area contributed by atoms with E-state index in [0.717, 1.165) is 6.42 Å². The molecule has 0 amide bonds. The van der Waals surface area contributed by atoms with Crippen LogP contribution in [0.5, 0.6) is 0 Å². The first kappa shape index (κ1) is 14.1. The molecule has 0 spiro atoms. The van der Waals surface area contributed by atoms with Crippen molar-refractivity contribution in [2.24, 2.45) is 5.14 Å². The van der Waals surface area contributed by atoms with Gasteiger partial charge in [-0.1, -0.05) is 0 Å². The number of ether oxygens (including phenoxy) is 1. The highest BCUT2D eigenvalue weighted by Crippen LogP contribution is 2.30. The quantitative estimate of drug-likeness (QED) is 0.789. The molecule has 1 aliphatic heterocycles. The molecule has 0 saturated carbocycles. The molecule has 2 atom stereocenters. The van der Waals surface area contributed by atoms with Crippen LogP contribution in [0, 0.1) is 0 Å². The van der Waals surface area contributed by atoms with Crippen LogP contribution in [-0.2, 0) is 14.8 Å². The van der Waals surface area contributed by atoms with Gasteiger partial charge in [0.25, 0.3) is 0 Å². The molecule has 2 unspecified atom stereocenters. The van der Waals surface area contributed by atoms with Crippen LogP contribution < -0.4 is 15.8 Å². The Kier molecular flexibility index (Phi) is 3.71. The molecule has 1 aromatic carbocycles. The van der Waals surface area contributed by atoms with Gasteiger partial charge in [0.2, 0.25) is 10.0 Å². The van der Waals surface area contributed by atoms with E-state index < -0.39 is 10.0 Å². The van der Waals surface area contributed by atoms with Crippen LogP contribution >= 0.6 is 0 Å². The van der Waals surface area contributed by atoms with E-state index in [0.29, 0.717) is 18.0 Å². The molecule has 1 fully saturated rings. The number of anilines is 2. The molecule has 2 rings (SSSR count). The lowest BCUT2D eigenvalue weighted by Crippen LogP contribution is -2.37. The molecule has 1 saturated heterocycles. The number of rotatable bonds is 3. The van der Waals surface area contributed by atoms with Crippen LogP contribution in [0.1, 0.15) is 13.3 Å². The first-order valence-electron chi connectivity index (χ1n) is 6.07. The van der Waals surface area contributed by atoms with Crippen molar-refractivity contribution in [2.45, 2.75) is 30.4 Å². The summed E-state index contributed by atoms with van der Waals surface area (Å²) in [5.41, 5.74) is 7.11. The second-order valence-corrected chi connectivity index (χ2v) is 6.37. The third kappa shape index (κ3) is 2.83. The molecular weight excluding hydrogens is 266 g/mol. The normalized spacial score (nSPS) is 23.5. The fourth-order valence-electron chi connectivity index (χ4n) is 2.41. The van der Waals surface area contributed by atoms with E-state index in [-0.39, 0.29) is 17.0 Å². The monoisotopic (exact) mass is 285 g/mol. The van der Waals surface area contributed by atoms with Gasteiger partial charge >= 0.3 is 0 Å². The van der Waals surface area contributed by atoms with Gasteiger partial charge in [0.15, 0.2) is 0 Å². The lowest BCUT2D eigenvalue weighted by atomic mass is 10.1. The SMILES string of the molecule is CC1OCCC1N(C)c1cc(S(N)(=O)=O)ccc1N. The number of likely N-dealkylation sites (N-methyl/N-ethyl adjacent to an activating group) is 1. The number of sulfonamides is 1. The minimum absolute atomic E-state index is 0.0649. The van der Waals surface area contributed by atoms with Crippen molar-refractivity contribution in [2.75, 3.05) is 24.3 Å². The Labute approximate surface area is 113 Å². The molecule has 4 N–H and O–H groups in total. The number of nitrogens with zero attached hydrogens (tertiary/aromatic N) is 1. The molecule has 106 valence electrons. The standard InChI is InChI=1S/C12H19N3O3S/c1-8-11(5-6-18-8)15(2)12-7-9(19(14,16)17)3-4-10(12)13/h3-4,7-8,11H,5-6,13H2,1-2H3,(H2,14,16,17). The summed E-state index contributed by atoms with van der Waals surface area (Å²) in [5.74, 6) is 0. The van der Waals surface area contributed by atoms with Gasteiger partial charge in [0, 0.05) is 13.7 Å². The van der Waals surface area contributed by atoms with Crippen LogP contribution in [0.15, 0.2) is 23.1 Å². The zero-order valence-corrected chi connectivity index (χ0v) is 11.9. The predicted molar refractivity (Wildman–Crippen MR) is 74.4 cm³/mol. The number of nitrogens with two attached hydrogens (primary N) is 2. The Morgan fingerprint density at radius 2 is 2.11 bits per heavy atom. The van der Waals surface area contributed by atoms with E-state index in [1.807, 2.05) is 18.9 Å². The van der Waals surface area contributed by atoms with Crippen molar-refractivity contribution in [1.82, 2.24) is 0 Å². The van der Waals surface area contributed by atoms with Crippen molar-refractivity contribution < 1.29 is 13.2 Å². The maximum atomic E-state index is 11.4. The minimum Gasteiger partial charge on any atom is -0.397 e. The van der Waals surface area contributed by atoms with Gasteiger partial charge in [-0.2, -0.15) is 0 Å². The van der Waals surface area contributed by atoms with Gasteiger partial charge < -0.3 is 15.4 Å². The van der Waals surface area contributed by atoms with Crippen molar-refractivity contribution in [3.63, 3.8) is 0 Å². The Morgan fingerprint density at radius 1 is 1.42 bits per heavy atom. The summed E-state index contributed by atoms with van der Waals surface area (Å²) in [6.07, 6.45) is 0.971. The Bertz CT molecular complexity index is 574. The van der Waals surface area contributed by atoms with Gasteiger partial charge in [-0.3, -0.25) is 0 Å². The highest BCUT2D eigenvalue weighted by atomic mass is 32.2. The highest BCUT2D eigenvalue weighted by molar-refractivity contribution is 7.89. The summed E-state index contributed by atoms with van der Waals surface area (Å²) in [5, 5.41) is 5.14. The maximum Gasteiger partial charge on any atom is 0.238 e. The van der Waals surface area contributed by atoms with Crippen LogP contribution in [0.3, 0.4) is 0 Å². The van der Waals surface area contributed by atoms with Crippen molar-refractivity contribution >= 4 is 21.4 Å². The van der Waals surface area contributed by atoms with Gasteiger partial charge in [-0.05, 0) is 31.5 Å². The fourth-order valence-corrected chi connectivity index (χ4v) is 2.95. The molecule has 19 heavy (non-hydrogen) atoms. The van der Waals surface area contributed by atoms with E-state index in [2.05, 4.69) is 0 Å². The van der Waals surface area contributed by atoms with Gasteiger partial charge in [-0.15, -0.1) is 0 Å². The zero-order chi connectivity index (χ0) is 14.2. The summed E-state index contributed by atoms with van der Waals surface area (Å²) in [6, 6.07) is 4.66. The predicted octanol–water partition coefficient (Wildman–Crippen LogP) is 0.530. The van der Waals surface area contributed by atoms with Crippen LogP contribution in [0.2, 0.25) is 0 Å². The summed E-state index contributed by atoms with van der Waals surface area (Å²) < 4.78 is 28.3. The van der Waals surface area contributed by atoms with E-state index in [9.17, 15) is 8.42 Å². The van der Waals surface area contributed by atoms with Gasteiger partial charge in [0.05, 0.1) is 28.4 Å². The third-order valence-electron chi connectivity index (χ3n) is 3.54. The third-order valence-corrected chi connectivity index (χ3v) is 4.46. The minimum atomic E-state index is -3.73. The highest BCUT2D eigenvalue weighted by Gasteiger charge is 2.29. The number of hydrogen-bond acceptors (Lipinski definition) is 5. The van der Waals surface area contributed by atoms with Crippen molar-refractivity contribution in [1.29, 1.82) is 0 Å². The van der Waals surface area contributed by atoms with Gasteiger partial charge in [0.1, 0.15) is 0 Å². The smallest absolute Gasteiger partial charge is 0.238 e. The molecule has 1 aromatic rings. The summed E-state index contributed by atoms with van der Waals surface area (Å²) in [4.78, 5) is 2.02. The van der Waals surface area contributed by atoms with E-state index in [1.54, 1.807) is 6.07 Å². The summed E-state index contributed by atoms with van der Waals surface area (Å²) >= 11 is 0. The topological polar surface area (TPSA) is 98.6 Å². The van der Waals surface area contributed by atoms with Crippen LogP contribution in [0.4, 0.5) is 11.4 Å². The molecule has 1 aliphatic rings. The maximum absolute atomic E-state index is 11.4. The lowest BCUT2D eigenvalue weighted by molar-refractivity contribution is 0.118. The molecule has 0 aromatic heterocycles. The number of benzene rings is 1. The van der Waals surface area contributed by atoms with Crippen LogP contribution in [0.25, 0.3) is 0 Å². The van der Waals surface area contributed by atoms with Crippen molar-refractivity contribution in [3.8, 4) is 0 Å². The first-order valence-corrected chi connectivity index (χ1v) is 7.62. The average molecular weight is 285 g/mol. The largest absolute Gasteiger partial charge is 0.397 e. The second kappa shape index (κ2) is 4.99. The Balaban J connectivity index is 2.38. The number of nitrogen functional groups attached to an aromatic ring is 1. The average Bonchev–Trinajstić information content (AvgIpc) is 2.73. The Morgan fingerprint density at radius 3 is 2.63 bits per heavy atom. The molecule has 6 nitrogen and oxygen atoms in total. The molecule has 7 heteroatoms. The Hall–Kier alpha value is -1.31. The summed E-state index contributed by atoms with van der Waals surface area (Å²) in [7, 11) is -1.84. The van der Waals surface area contributed by atoms with E-state index in [1.165, 1.54) is 12.1 Å². The first-order chi connectivity index (χ1) is 8.80.